The first-order valence-corrected chi connectivity index (χ1v) is 8.82. The molecule has 1 N–H and O–H groups in total. The Morgan fingerprint density at radius 2 is 1.96 bits per heavy atom. The van der Waals surface area contributed by atoms with Gasteiger partial charge in [-0.3, -0.25) is 0 Å². The molecule has 0 fully saturated rings. The van der Waals surface area contributed by atoms with Gasteiger partial charge in [0.05, 0.1) is 22.9 Å². The van der Waals surface area contributed by atoms with Gasteiger partial charge in [-0.2, -0.15) is 9.38 Å². The van der Waals surface area contributed by atoms with Crippen LogP contribution in [0.25, 0.3) is 5.65 Å². The first kappa shape index (κ1) is 14.6. The predicted octanol–water partition coefficient (Wildman–Crippen LogP) is 2.18. The number of nitrogens with one attached hydrogen (secondary N) is 1. The quantitative estimate of drug-likeness (QED) is 0.576. The third-order valence-electron chi connectivity index (χ3n) is 4.00. The third-order valence-corrected chi connectivity index (χ3v) is 5.82. The second-order valence-corrected chi connectivity index (χ2v) is 7.49. The van der Waals surface area contributed by atoms with Crippen LogP contribution in [0.4, 0.5) is 11.6 Å². The van der Waals surface area contributed by atoms with Crippen molar-refractivity contribution in [3.63, 3.8) is 0 Å². The van der Waals surface area contributed by atoms with Crippen molar-refractivity contribution < 1.29 is 13.3 Å². The lowest BCUT2D eigenvalue weighted by Crippen LogP contribution is -2.14. The molecule has 8 nitrogen and oxygen atoms in total. The molecule has 1 aliphatic heterocycles. The summed E-state index contributed by atoms with van der Waals surface area (Å²) in [5, 5.41) is 14.4. The van der Waals surface area contributed by atoms with Crippen LogP contribution in [0.15, 0.2) is 53.6 Å². The normalized spacial score (nSPS) is 18.4. The molecule has 1 aliphatic rings. The number of benzene rings is 1. The highest BCUT2D eigenvalue weighted by Gasteiger charge is 2.36. The number of pyridine rings is 1. The van der Waals surface area contributed by atoms with E-state index in [2.05, 4.69) is 10.3 Å². The van der Waals surface area contributed by atoms with E-state index in [4.69, 9.17) is 0 Å². The summed E-state index contributed by atoms with van der Waals surface area (Å²) < 4.78 is 25.8. The zero-order chi connectivity index (χ0) is 16.9. The van der Waals surface area contributed by atoms with Crippen LogP contribution in [0.1, 0.15) is 11.6 Å². The van der Waals surface area contributed by atoms with Crippen LogP contribution in [0.3, 0.4) is 0 Å². The minimum absolute atomic E-state index is 0.0584. The summed E-state index contributed by atoms with van der Waals surface area (Å²) in [6.45, 7) is 0. The van der Waals surface area contributed by atoms with Gasteiger partial charge < -0.3 is 15.4 Å². The van der Waals surface area contributed by atoms with E-state index in [1.165, 1.54) is 4.40 Å². The highest BCUT2D eigenvalue weighted by atomic mass is 32.2. The summed E-state index contributed by atoms with van der Waals surface area (Å²) in [7, 11) is -3.40. The first-order valence-electron chi connectivity index (χ1n) is 7.17. The summed E-state index contributed by atoms with van der Waals surface area (Å²) in [6.07, 6.45) is 1.55. The SMILES string of the molecule is O=[N+]([O-])c1c(NC2CS(=O)(=O)c3ccccc32)nc2ccccn12. The van der Waals surface area contributed by atoms with E-state index < -0.39 is 20.8 Å². The molecule has 0 spiro atoms. The molecule has 3 aromatic rings. The largest absolute Gasteiger partial charge is 0.372 e. The molecule has 0 aliphatic carbocycles. The molecule has 0 radical (unpaired) electrons. The smallest absolute Gasteiger partial charge is 0.358 e. The monoisotopic (exact) mass is 344 g/mol. The number of aromatic nitrogens is 2. The molecule has 0 saturated heterocycles. The Kier molecular flexibility index (Phi) is 3.07. The van der Waals surface area contributed by atoms with E-state index in [9.17, 15) is 18.5 Å². The van der Waals surface area contributed by atoms with Crippen LogP contribution in [0.5, 0.6) is 0 Å². The third kappa shape index (κ3) is 2.13. The molecule has 2 aromatic heterocycles. The molecular weight excluding hydrogens is 332 g/mol. The molecule has 122 valence electrons. The minimum atomic E-state index is -3.40. The molecule has 24 heavy (non-hydrogen) atoms. The number of imidazole rings is 1. The average molecular weight is 344 g/mol. The summed E-state index contributed by atoms with van der Waals surface area (Å²) in [5.41, 5.74) is 1.02. The standard InChI is InChI=1S/C15H12N4O4S/c20-19(21)15-14(17-13-7-3-4-8-18(13)15)16-11-9-24(22,23)12-6-2-1-5-10(11)12/h1-8,11,16H,9H2. The number of fused-ring (bicyclic) bond motifs is 2. The van der Waals surface area contributed by atoms with Gasteiger partial charge in [0.15, 0.2) is 9.84 Å². The van der Waals surface area contributed by atoms with Crippen molar-refractivity contribution in [2.24, 2.45) is 0 Å². The van der Waals surface area contributed by atoms with Crippen molar-refractivity contribution in [2.45, 2.75) is 10.9 Å². The van der Waals surface area contributed by atoms with Crippen LogP contribution in [0.2, 0.25) is 0 Å². The van der Waals surface area contributed by atoms with Crippen LogP contribution < -0.4 is 5.32 Å². The fourth-order valence-corrected chi connectivity index (χ4v) is 4.73. The van der Waals surface area contributed by atoms with Crippen molar-refractivity contribution in [1.29, 1.82) is 0 Å². The van der Waals surface area contributed by atoms with E-state index >= 15 is 0 Å². The van der Waals surface area contributed by atoms with Crippen LogP contribution in [-0.4, -0.2) is 28.5 Å². The summed E-state index contributed by atoms with van der Waals surface area (Å²) in [5.74, 6) is -0.312. The van der Waals surface area contributed by atoms with Gasteiger partial charge >= 0.3 is 5.82 Å². The molecule has 1 aromatic carbocycles. The maximum atomic E-state index is 12.2. The summed E-state index contributed by atoms with van der Waals surface area (Å²) in [6, 6.07) is 11.1. The molecule has 0 amide bonds. The van der Waals surface area contributed by atoms with Gasteiger partial charge in [-0.1, -0.05) is 24.3 Å². The Balaban J connectivity index is 1.81. The zero-order valence-electron chi connectivity index (χ0n) is 12.3. The fourth-order valence-electron chi connectivity index (χ4n) is 2.99. The van der Waals surface area contributed by atoms with E-state index in [1.54, 1.807) is 48.7 Å². The van der Waals surface area contributed by atoms with Crippen LogP contribution in [0, 0.1) is 10.1 Å². The lowest BCUT2D eigenvalue weighted by Gasteiger charge is -2.11. The molecule has 4 rings (SSSR count). The Labute approximate surface area is 136 Å². The fraction of sp³-hybridized carbons (Fsp3) is 0.133. The summed E-state index contributed by atoms with van der Waals surface area (Å²) in [4.78, 5) is 15.4. The van der Waals surface area contributed by atoms with Crippen LogP contribution in [-0.2, 0) is 9.84 Å². The number of sulfone groups is 1. The lowest BCUT2D eigenvalue weighted by atomic mass is 10.1. The maximum absolute atomic E-state index is 12.2. The molecule has 1 atom stereocenters. The first-order chi connectivity index (χ1) is 11.5. The van der Waals surface area contributed by atoms with Crippen molar-refractivity contribution >= 4 is 27.1 Å². The van der Waals surface area contributed by atoms with Crippen molar-refractivity contribution in [2.75, 3.05) is 11.1 Å². The van der Waals surface area contributed by atoms with Crippen LogP contribution >= 0.6 is 0 Å². The van der Waals surface area contributed by atoms with Crippen molar-refractivity contribution in [3.8, 4) is 0 Å². The number of hydrogen-bond acceptors (Lipinski definition) is 6. The number of nitrogens with zero attached hydrogens (tertiary/aromatic N) is 3. The Bertz CT molecular complexity index is 1070. The van der Waals surface area contributed by atoms with Gasteiger partial charge in [-0.15, -0.1) is 0 Å². The van der Waals surface area contributed by atoms with Gasteiger partial charge in [0.1, 0.15) is 0 Å². The Morgan fingerprint density at radius 3 is 2.75 bits per heavy atom. The number of rotatable bonds is 3. The van der Waals surface area contributed by atoms with E-state index in [0.29, 0.717) is 11.2 Å². The van der Waals surface area contributed by atoms with Gasteiger partial charge in [-0.25, -0.2) is 8.42 Å². The Hall–Kier alpha value is -2.94. The number of hydrogen-bond donors (Lipinski definition) is 1. The van der Waals surface area contributed by atoms with Gasteiger partial charge in [0.25, 0.3) is 0 Å². The molecule has 0 saturated carbocycles. The minimum Gasteiger partial charge on any atom is -0.358 e. The Morgan fingerprint density at radius 1 is 1.21 bits per heavy atom. The second-order valence-electron chi connectivity index (χ2n) is 5.49. The van der Waals surface area contributed by atoms with Gasteiger partial charge in [-0.05, 0) is 22.6 Å². The molecule has 1 unspecified atom stereocenters. The number of nitro groups is 1. The maximum Gasteiger partial charge on any atom is 0.372 e. The zero-order valence-corrected chi connectivity index (χ0v) is 13.1. The molecular formula is C15H12N4O4S. The van der Waals surface area contributed by atoms with Crippen molar-refractivity contribution in [3.05, 3.63) is 64.3 Å². The molecule has 0 bridgehead atoms. The summed E-state index contributed by atoms with van der Waals surface area (Å²) >= 11 is 0. The second kappa shape index (κ2) is 5.03. The highest BCUT2D eigenvalue weighted by Crippen LogP contribution is 2.37. The van der Waals surface area contributed by atoms with Gasteiger partial charge in [0.2, 0.25) is 11.5 Å². The molecule has 3 heterocycles. The highest BCUT2D eigenvalue weighted by molar-refractivity contribution is 7.91. The lowest BCUT2D eigenvalue weighted by molar-refractivity contribution is -0.389. The van der Waals surface area contributed by atoms with E-state index in [1.807, 2.05) is 0 Å². The topological polar surface area (TPSA) is 107 Å². The average Bonchev–Trinajstić information content (AvgIpc) is 3.03. The van der Waals surface area contributed by atoms with Gasteiger partial charge in [0, 0.05) is 6.07 Å². The van der Waals surface area contributed by atoms with E-state index in [-0.39, 0.29) is 22.3 Å². The molecule has 9 heteroatoms. The van der Waals surface area contributed by atoms with E-state index in [0.717, 1.165) is 0 Å². The van der Waals surface area contributed by atoms with Crippen molar-refractivity contribution in [1.82, 2.24) is 9.38 Å². The number of anilines is 1. The predicted molar refractivity (Wildman–Crippen MR) is 86.7 cm³/mol.